The highest BCUT2D eigenvalue weighted by atomic mass is 16.4. The van der Waals surface area contributed by atoms with Crippen LogP contribution >= 0.6 is 0 Å². The average Bonchev–Trinajstić information content (AvgIpc) is 2.77. The van der Waals surface area contributed by atoms with Gasteiger partial charge in [0.05, 0.1) is 16.5 Å². The molecule has 0 spiro atoms. The van der Waals surface area contributed by atoms with Gasteiger partial charge in [0, 0.05) is 0 Å². The smallest absolute Gasteiger partial charge is 0.311 e. The van der Waals surface area contributed by atoms with Crippen molar-refractivity contribution in [2.45, 2.75) is 65.0 Å². The molecule has 1 saturated heterocycles. The minimum Gasteiger partial charge on any atom is -0.481 e. The van der Waals surface area contributed by atoms with Crippen molar-refractivity contribution in [1.82, 2.24) is 10.6 Å². The lowest BCUT2D eigenvalue weighted by Crippen LogP contribution is -2.63. The van der Waals surface area contributed by atoms with E-state index >= 15 is 0 Å². The van der Waals surface area contributed by atoms with Crippen molar-refractivity contribution >= 4 is 11.9 Å². The number of hydrogen-bond acceptors (Lipinski definition) is 3. The topological polar surface area (TPSA) is 78.4 Å². The van der Waals surface area contributed by atoms with E-state index in [1.165, 1.54) is 0 Å². The lowest BCUT2D eigenvalue weighted by Gasteiger charge is -2.41. The van der Waals surface area contributed by atoms with Gasteiger partial charge in [-0.2, -0.15) is 0 Å². The van der Waals surface area contributed by atoms with E-state index < -0.39 is 22.5 Å². The summed E-state index contributed by atoms with van der Waals surface area (Å²) < 4.78 is 0. The highest BCUT2D eigenvalue weighted by Gasteiger charge is 2.48. The number of rotatable bonds is 5. The van der Waals surface area contributed by atoms with Gasteiger partial charge in [0.15, 0.2) is 0 Å². The lowest BCUT2D eigenvalue weighted by molar-refractivity contribution is -0.152. The normalized spacial score (nSPS) is 24.3. The Labute approximate surface area is 115 Å². The summed E-state index contributed by atoms with van der Waals surface area (Å²) in [4.78, 5) is 23.9. The van der Waals surface area contributed by atoms with E-state index in [0.717, 1.165) is 19.4 Å². The van der Waals surface area contributed by atoms with E-state index in [4.69, 9.17) is 0 Å². The largest absolute Gasteiger partial charge is 0.481 e. The molecule has 1 aliphatic rings. The molecule has 5 nitrogen and oxygen atoms in total. The van der Waals surface area contributed by atoms with Crippen molar-refractivity contribution in [3.8, 4) is 0 Å². The van der Waals surface area contributed by atoms with E-state index in [1.54, 1.807) is 27.7 Å². The molecule has 0 aliphatic carbocycles. The van der Waals surface area contributed by atoms with Gasteiger partial charge in [0.2, 0.25) is 5.91 Å². The molecule has 3 N–H and O–H groups in total. The quantitative estimate of drug-likeness (QED) is 0.708. The fourth-order valence-electron chi connectivity index (χ4n) is 2.29. The molecule has 19 heavy (non-hydrogen) atoms. The molecule has 0 aromatic rings. The van der Waals surface area contributed by atoms with Gasteiger partial charge in [-0.25, -0.2) is 0 Å². The standard InChI is InChI=1S/C14H26N2O3/c1-6-14(8-7-9-15-14)10(17)16-13(4,5)12(2,3)11(18)19/h15H,6-9H2,1-5H3,(H,16,17)(H,18,19). The fourth-order valence-corrected chi connectivity index (χ4v) is 2.29. The molecule has 0 saturated carbocycles. The van der Waals surface area contributed by atoms with Crippen LogP contribution in [0.3, 0.4) is 0 Å². The fraction of sp³-hybridized carbons (Fsp3) is 0.857. The summed E-state index contributed by atoms with van der Waals surface area (Å²) >= 11 is 0. The molecular formula is C14H26N2O3. The molecule has 1 rings (SSSR count). The Balaban J connectivity index is 2.89. The van der Waals surface area contributed by atoms with Crippen molar-refractivity contribution in [2.24, 2.45) is 5.41 Å². The number of carbonyl (C=O) groups excluding carboxylic acids is 1. The van der Waals surface area contributed by atoms with E-state index in [2.05, 4.69) is 10.6 Å². The lowest BCUT2D eigenvalue weighted by atomic mass is 9.74. The summed E-state index contributed by atoms with van der Waals surface area (Å²) in [5.41, 5.74) is -2.38. The second kappa shape index (κ2) is 5.12. The molecule has 5 heteroatoms. The summed E-state index contributed by atoms with van der Waals surface area (Å²) in [6.45, 7) is 9.61. The Kier molecular flexibility index (Phi) is 4.30. The summed E-state index contributed by atoms with van der Waals surface area (Å²) in [6, 6.07) is 0. The molecular weight excluding hydrogens is 244 g/mol. The highest BCUT2D eigenvalue weighted by molar-refractivity contribution is 5.88. The minimum absolute atomic E-state index is 0.0909. The summed E-state index contributed by atoms with van der Waals surface area (Å²) in [5, 5.41) is 15.5. The summed E-state index contributed by atoms with van der Waals surface area (Å²) in [7, 11) is 0. The van der Waals surface area contributed by atoms with Gasteiger partial charge in [-0.15, -0.1) is 0 Å². The van der Waals surface area contributed by atoms with Gasteiger partial charge in [-0.3, -0.25) is 9.59 Å². The van der Waals surface area contributed by atoms with Gasteiger partial charge < -0.3 is 15.7 Å². The number of amides is 1. The van der Waals surface area contributed by atoms with Crippen LogP contribution in [0.1, 0.15) is 53.9 Å². The van der Waals surface area contributed by atoms with Crippen LogP contribution in [0, 0.1) is 5.41 Å². The van der Waals surface area contributed by atoms with E-state index in [0.29, 0.717) is 6.42 Å². The van der Waals surface area contributed by atoms with Crippen molar-refractivity contribution in [2.75, 3.05) is 6.54 Å². The molecule has 1 unspecified atom stereocenters. The maximum Gasteiger partial charge on any atom is 0.311 e. The molecule has 1 aliphatic heterocycles. The first kappa shape index (κ1) is 16.0. The second-order valence-corrected chi connectivity index (χ2v) is 6.48. The predicted molar refractivity (Wildman–Crippen MR) is 73.9 cm³/mol. The summed E-state index contributed by atoms with van der Waals surface area (Å²) in [6.07, 6.45) is 2.49. The summed E-state index contributed by atoms with van der Waals surface area (Å²) in [5.74, 6) is -1.01. The first-order chi connectivity index (χ1) is 8.59. The zero-order valence-corrected chi connectivity index (χ0v) is 12.6. The number of carbonyl (C=O) groups is 2. The number of carboxylic acid groups (broad SMARTS) is 1. The average molecular weight is 270 g/mol. The van der Waals surface area contributed by atoms with Crippen LogP contribution in [-0.4, -0.2) is 34.6 Å². The van der Waals surface area contributed by atoms with E-state index in [-0.39, 0.29) is 5.91 Å². The Morgan fingerprint density at radius 1 is 1.32 bits per heavy atom. The third-order valence-electron chi connectivity index (χ3n) is 4.81. The Bertz CT molecular complexity index is 369. The van der Waals surface area contributed by atoms with Crippen LogP contribution in [0.4, 0.5) is 0 Å². The molecule has 1 heterocycles. The predicted octanol–water partition coefficient (Wildman–Crippen LogP) is 1.52. The zero-order chi connectivity index (χ0) is 14.9. The number of aliphatic carboxylic acids is 1. The SMILES string of the molecule is CCC1(C(=O)NC(C)(C)C(C)(C)C(=O)O)CCCN1. The van der Waals surface area contributed by atoms with Crippen LogP contribution in [-0.2, 0) is 9.59 Å². The molecule has 0 aromatic carbocycles. The third kappa shape index (κ3) is 2.76. The van der Waals surface area contributed by atoms with Crippen LogP contribution in [0.15, 0.2) is 0 Å². The maximum absolute atomic E-state index is 12.5. The Morgan fingerprint density at radius 2 is 1.89 bits per heavy atom. The maximum atomic E-state index is 12.5. The van der Waals surface area contributed by atoms with Crippen LogP contribution < -0.4 is 10.6 Å². The van der Waals surface area contributed by atoms with Crippen molar-refractivity contribution < 1.29 is 14.7 Å². The van der Waals surface area contributed by atoms with E-state index in [1.807, 2.05) is 6.92 Å². The van der Waals surface area contributed by atoms with Gasteiger partial charge in [-0.05, 0) is 53.5 Å². The van der Waals surface area contributed by atoms with Crippen molar-refractivity contribution in [3.63, 3.8) is 0 Å². The molecule has 110 valence electrons. The molecule has 1 fully saturated rings. The highest BCUT2D eigenvalue weighted by Crippen LogP contribution is 2.32. The second-order valence-electron chi connectivity index (χ2n) is 6.48. The molecule has 1 atom stereocenters. The number of hydrogen-bond donors (Lipinski definition) is 3. The molecule has 0 bridgehead atoms. The molecule has 1 amide bonds. The number of nitrogens with one attached hydrogen (secondary N) is 2. The van der Waals surface area contributed by atoms with Gasteiger partial charge in [-0.1, -0.05) is 6.92 Å². The van der Waals surface area contributed by atoms with Gasteiger partial charge in [0.1, 0.15) is 0 Å². The first-order valence-electron chi connectivity index (χ1n) is 6.90. The number of carboxylic acids is 1. The third-order valence-corrected chi connectivity index (χ3v) is 4.81. The minimum atomic E-state index is -1.03. The van der Waals surface area contributed by atoms with Gasteiger partial charge >= 0.3 is 5.97 Å². The van der Waals surface area contributed by atoms with Gasteiger partial charge in [0.25, 0.3) is 0 Å². The zero-order valence-electron chi connectivity index (χ0n) is 12.6. The first-order valence-corrected chi connectivity index (χ1v) is 6.90. The monoisotopic (exact) mass is 270 g/mol. The van der Waals surface area contributed by atoms with E-state index in [9.17, 15) is 14.7 Å². The van der Waals surface area contributed by atoms with Crippen molar-refractivity contribution in [1.29, 1.82) is 0 Å². The molecule has 0 radical (unpaired) electrons. The Morgan fingerprint density at radius 3 is 2.26 bits per heavy atom. The van der Waals surface area contributed by atoms with Crippen LogP contribution in [0.2, 0.25) is 0 Å². The van der Waals surface area contributed by atoms with Crippen LogP contribution in [0.5, 0.6) is 0 Å². The molecule has 0 aromatic heterocycles. The van der Waals surface area contributed by atoms with Crippen LogP contribution in [0.25, 0.3) is 0 Å². The Hall–Kier alpha value is -1.10. The van der Waals surface area contributed by atoms with Crippen molar-refractivity contribution in [3.05, 3.63) is 0 Å².